The predicted molar refractivity (Wildman–Crippen MR) is 98.6 cm³/mol. The first-order valence-electron chi connectivity index (χ1n) is 9.00. The van der Waals surface area contributed by atoms with Crippen LogP contribution in [-0.2, 0) is 4.74 Å². The monoisotopic (exact) mass is 342 g/mol. The summed E-state index contributed by atoms with van der Waals surface area (Å²) in [6, 6.07) is 2.00. The van der Waals surface area contributed by atoms with Crippen LogP contribution in [0.1, 0.15) is 24.1 Å². The number of nitrogens with zero attached hydrogens (tertiary/aromatic N) is 4. The highest BCUT2D eigenvalue weighted by Crippen LogP contribution is 2.38. The summed E-state index contributed by atoms with van der Waals surface area (Å²) in [4.78, 5) is 15.9. The summed E-state index contributed by atoms with van der Waals surface area (Å²) in [5.74, 6) is 1.05. The molecule has 7 nitrogen and oxygen atoms in total. The zero-order chi connectivity index (χ0) is 17.4. The van der Waals surface area contributed by atoms with Gasteiger partial charge in [0.05, 0.1) is 12.0 Å². The highest BCUT2D eigenvalue weighted by atomic mass is 16.5. The van der Waals surface area contributed by atoms with Crippen molar-refractivity contribution in [3.63, 3.8) is 0 Å². The molecule has 4 rings (SSSR count). The van der Waals surface area contributed by atoms with E-state index in [-0.39, 0.29) is 0 Å². The van der Waals surface area contributed by atoms with E-state index < -0.39 is 0 Å². The third kappa shape index (κ3) is 3.26. The van der Waals surface area contributed by atoms with Crippen LogP contribution in [0.25, 0.3) is 11.0 Å². The quantitative estimate of drug-likeness (QED) is 0.800. The van der Waals surface area contributed by atoms with Gasteiger partial charge in [-0.15, -0.1) is 0 Å². The Bertz CT molecular complexity index is 779. The van der Waals surface area contributed by atoms with Crippen molar-refractivity contribution < 1.29 is 4.74 Å². The molecule has 0 saturated carbocycles. The molecule has 25 heavy (non-hydrogen) atoms. The molecule has 2 fully saturated rings. The molecule has 2 aliphatic heterocycles. The number of anilines is 2. The van der Waals surface area contributed by atoms with Crippen LogP contribution in [0.3, 0.4) is 0 Å². The molecule has 0 amide bonds. The number of hydrogen-bond acceptors (Lipinski definition) is 7. The van der Waals surface area contributed by atoms with Gasteiger partial charge in [-0.3, -0.25) is 0 Å². The second kappa shape index (κ2) is 6.38. The average molecular weight is 342 g/mol. The van der Waals surface area contributed by atoms with Crippen LogP contribution in [0.2, 0.25) is 0 Å². The number of fused-ring (bicyclic) bond motifs is 1. The summed E-state index contributed by atoms with van der Waals surface area (Å²) in [5, 5.41) is 4.14. The van der Waals surface area contributed by atoms with Gasteiger partial charge < -0.3 is 20.7 Å². The van der Waals surface area contributed by atoms with E-state index >= 15 is 0 Å². The normalized spacial score (nSPS) is 19.4. The molecule has 0 atom stereocenters. The van der Waals surface area contributed by atoms with E-state index in [1.54, 1.807) is 0 Å². The van der Waals surface area contributed by atoms with Crippen molar-refractivity contribution in [2.24, 2.45) is 5.41 Å². The summed E-state index contributed by atoms with van der Waals surface area (Å²) < 4.78 is 5.52. The molecule has 4 heterocycles. The summed E-state index contributed by atoms with van der Waals surface area (Å²) in [5.41, 5.74) is 9.24. The van der Waals surface area contributed by atoms with Crippen molar-refractivity contribution in [3.8, 4) is 0 Å². The number of hydrogen-bond donors (Lipinski definition) is 2. The zero-order valence-electron chi connectivity index (χ0n) is 15.0. The third-order valence-electron chi connectivity index (χ3n) is 5.26. The first kappa shape index (κ1) is 16.5. The number of rotatable bonds is 5. The molecule has 2 saturated heterocycles. The summed E-state index contributed by atoms with van der Waals surface area (Å²) in [6.07, 6.45) is 2.27. The number of nitrogens with two attached hydrogens (primary N) is 1. The number of nitrogen functional groups attached to an aromatic ring is 1. The molecule has 2 aliphatic rings. The fraction of sp³-hybridized carbons (Fsp3) is 0.611. The van der Waals surface area contributed by atoms with Gasteiger partial charge in [0.1, 0.15) is 5.82 Å². The van der Waals surface area contributed by atoms with Gasteiger partial charge in [-0.05, 0) is 44.9 Å². The van der Waals surface area contributed by atoms with Crippen LogP contribution in [0.4, 0.5) is 11.8 Å². The van der Waals surface area contributed by atoms with Gasteiger partial charge in [-0.25, -0.2) is 4.98 Å². The van der Waals surface area contributed by atoms with Gasteiger partial charge >= 0.3 is 0 Å². The van der Waals surface area contributed by atoms with E-state index in [4.69, 9.17) is 10.5 Å². The Hall–Kier alpha value is -1.99. The van der Waals surface area contributed by atoms with Crippen molar-refractivity contribution >= 4 is 22.8 Å². The summed E-state index contributed by atoms with van der Waals surface area (Å²) >= 11 is 0. The molecule has 1 spiro atoms. The lowest BCUT2D eigenvalue weighted by Crippen LogP contribution is -2.56. The van der Waals surface area contributed by atoms with Gasteiger partial charge in [-0.2, -0.15) is 9.97 Å². The molecule has 0 aliphatic carbocycles. The van der Waals surface area contributed by atoms with Crippen LogP contribution < -0.4 is 11.1 Å². The van der Waals surface area contributed by atoms with E-state index in [2.05, 4.69) is 25.2 Å². The molecule has 0 unspecified atom stereocenters. The smallest absolute Gasteiger partial charge is 0.226 e. The third-order valence-corrected chi connectivity index (χ3v) is 5.26. The van der Waals surface area contributed by atoms with Gasteiger partial charge in [0.25, 0.3) is 0 Å². The van der Waals surface area contributed by atoms with Gasteiger partial charge in [0.2, 0.25) is 5.95 Å². The predicted octanol–water partition coefficient (Wildman–Crippen LogP) is 1.75. The Kier molecular flexibility index (Phi) is 4.21. The Balaban J connectivity index is 1.31. The minimum absolute atomic E-state index is 0.463. The lowest BCUT2D eigenvalue weighted by molar-refractivity contribution is -0.00653. The molecule has 0 radical (unpaired) electrons. The molecular formula is C18H26N6O. The molecule has 2 aromatic heterocycles. The minimum atomic E-state index is 0.463. The largest absolute Gasteiger partial charge is 0.383 e. The maximum Gasteiger partial charge on any atom is 0.226 e. The minimum Gasteiger partial charge on any atom is -0.383 e. The van der Waals surface area contributed by atoms with E-state index in [0.717, 1.165) is 49.4 Å². The second-order valence-corrected chi connectivity index (χ2v) is 7.51. The maximum atomic E-state index is 6.11. The van der Waals surface area contributed by atoms with E-state index in [1.807, 2.05) is 19.9 Å². The standard InChI is InChI=1S/C18H26N6O/c1-12-8-13(2)21-16-14(12)15(19)22-17(23-16)20-5-3-6-24-9-18(10-24)4-7-25-11-18/h8H,3-7,9-11H2,1-2H3,(H3,19,20,21,22,23). The molecule has 7 heteroatoms. The lowest BCUT2D eigenvalue weighted by Gasteiger charge is -2.47. The fourth-order valence-electron chi connectivity index (χ4n) is 4.05. The highest BCUT2D eigenvalue weighted by Gasteiger charge is 2.45. The van der Waals surface area contributed by atoms with Gasteiger partial charge in [0.15, 0.2) is 5.65 Å². The molecule has 0 aromatic carbocycles. The number of likely N-dealkylation sites (tertiary alicyclic amines) is 1. The Morgan fingerprint density at radius 1 is 1.28 bits per heavy atom. The molecule has 3 N–H and O–H groups in total. The molecule has 0 bridgehead atoms. The van der Waals surface area contributed by atoms with Gasteiger partial charge in [-0.1, -0.05) is 0 Å². The van der Waals surface area contributed by atoms with E-state index in [0.29, 0.717) is 22.8 Å². The van der Waals surface area contributed by atoms with Crippen LogP contribution >= 0.6 is 0 Å². The SMILES string of the molecule is Cc1cc(C)c2c(N)nc(NCCCN3CC4(CCOC4)C3)nc2n1. The Morgan fingerprint density at radius 3 is 2.88 bits per heavy atom. The lowest BCUT2D eigenvalue weighted by atomic mass is 9.79. The average Bonchev–Trinajstić information content (AvgIpc) is 2.99. The van der Waals surface area contributed by atoms with Crippen molar-refractivity contribution in [2.75, 3.05) is 50.4 Å². The summed E-state index contributed by atoms with van der Waals surface area (Å²) in [7, 11) is 0. The second-order valence-electron chi connectivity index (χ2n) is 7.51. The number of nitrogens with one attached hydrogen (secondary N) is 1. The number of aromatic nitrogens is 3. The van der Waals surface area contributed by atoms with Crippen LogP contribution in [0, 0.1) is 19.3 Å². The maximum absolute atomic E-state index is 6.11. The molecular weight excluding hydrogens is 316 g/mol. The van der Waals surface area contributed by atoms with Crippen LogP contribution in [0.5, 0.6) is 0 Å². The fourth-order valence-corrected chi connectivity index (χ4v) is 4.05. The summed E-state index contributed by atoms with van der Waals surface area (Å²) in [6.45, 7) is 10.1. The van der Waals surface area contributed by atoms with Crippen molar-refractivity contribution in [1.29, 1.82) is 0 Å². The molecule has 134 valence electrons. The molecule has 2 aromatic rings. The first-order chi connectivity index (χ1) is 12.0. The number of pyridine rings is 1. The highest BCUT2D eigenvalue weighted by molar-refractivity contribution is 5.89. The number of ether oxygens (including phenoxy) is 1. The van der Waals surface area contributed by atoms with Crippen molar-refractivity contribution in [2.45, 2.75) is 26.7 Å². The van der Waals surface area contributed by atoms with Crippen molar-refractivity contribution in [1.82, 2.24) is 19.9 Å². The number of aryl methyl sites for hydroxylation is 2. The Labute approximate surface area is 148 Å². The van der Waals surface area contributed by atoms with Gasteiger partial charge in [0, 0.05) is 37.4 Å². The van der Waals surface area contributed by atoms with Crippen LogP contribution in [-0.4, -0.2) is 59.2 Å². The van der Waals surface area contributed by atoms with E-state index in [9.17, 15) is 0 Å². The topological polar surface area (TPSA) is 89.2 Å². The first-order valence-corrected chi connectivity index (χ1v) is 9.00. The van der Waals surface area contributed by atoms with Crippen molar-refractivity contribution in [3.05, 3.63) is 17.3 Å². The Morgan fingerprint density at radius 2 is 2.12 bits per heavy atom. The zero-order valence-corrected chi connectivity index (χ0v) is 15.0. The van der Waals surface area contributed by atoms with E-state index in [1.165, 1.54) is 19.5 Å². The van der Waals surface area contributed by atoms with Crippen LogP contribution in [0.15, 0.2) is 6.07 Å².